The summed E-state index contributed by atoms with van der Waals surface area (Å²) < 4.78 is 7.57. The number of nitrogens with one attached hydrogen (secondary N) is 1. The molecule has 0 spiro atoms. The van der Waals surface area contributed by atoms with Gasteiger partial charge in [0.15, 0.2) is 0 Å². The monoisotopic (exact) mass is 556 g/mol. The third-order valence-corrected chi connectivity index (χ3v) is 9.98. The van der Waals surface area contributed by atoms with Crippen LogP contribution < -0.4 is 10.2 Å². The van der Waals surface area contributed by atoms with E-state index in [1.54, 1.807) is 12.0 Å². The van der Waals surface area contributed by atoms with Gasteiger partial charge in [0.2, 0.25) is 11.8 Å². The summed E-state index contributed by atoms with van der Waals surface area (Å²) in [7, 11) is 1.63. The van der Waals surface area contributed by atoms with Crippen LogP contribution in [0.5, 0.6) is 0 Å². The molecule has 1 aromatic heterocycles. The Morgan fingerprint density at radius 1 is 0.976 bits per heavy atom. The van der Waals surface area contributed by atoms with Gasteiger partial charge in [0.05, 0.1) is 16.7 Å². The number of rotatable bonds is 11. The standard InChI is InChI=1S/C34H44N4O3/c1-4-26-9-8-10-27(5-2)32(26)38(22-41-3)31(39)21-37-29-12-7-6-11-28(29)36-30(37)13-14-35-33(40)34-18-23-15-24(19-34)17-25(16-23)20-34/h6-12,23-25H,4-5,13-22H2,1-3H3,(H,35,40). The van der Waals surface area contributed by atoms with Gasteiger partial charge in [0, 0.05) is 25.5 Å². The largest absolute Gasteiger partial charge is 0.364 e. The zero-order chi connectivity index (χ0) is 28.6. The molecule has 218 valence electrons. The number of ether oxygens (including phenoxy) is 1. The van der Waals surface area contributed by atoms with E-state index in [1.165, 1.54) is 19.3 Å². The van der Waals surface area contributed by atoms with Crippen molar-refractivity contribution < 1.29 is 14.3 Å². The normalized spacial score (nSPS) is 24.6. The Hall–Kier alpha value is -3.19. The molecule has 2 amide bonds. The number of carbonyl (C=O) groups is 2. The lowest BCUT2D eigenvalue weighted by Gasteiger charge is -2.55. The molecule has 7 heteroatoms. The van der Waals surface area contributed by atoms with Crippen LogP contribution in [-0.2, 0) is 40.1 Å². The molecule has 2 aromatic carbocycles. The highest BCUT2D eigenvalue weighted by atomic mass is 16.5. The van der Waals surface area contributed by atoms with Crippen molar-refractivity contribution in [3.05, 3.63) is 59.4 Å². The number of carbonyl (C=O) groups excluding carboxylic acids is 2. The minimum Gasteiger partial charge on any atom is -0.364 e. The van der Waals surface area contributed by atoms with Crippen LogP contribution in [0.15, 0.2) is 42.5 Å². The number of imidazole rings is 1. The fourth-order valence-electron chi connectivity index (χ4n) is 8.53. The number of benzene rings is 2. The van der Waals surface area contributed by atoms with Crippen LogP contribution in [0.3, 0.4) is 0 Å². The molecule has 4 saturated carbocycles. The highest BCUT2D eigenvalue weighted by Crippen LogP contribution is 2.60. The fraction of sp³-hybridized carbons (Fsp3) is 0.559. The van der Waals surface area contributed by atoms with Gasteiger partial charge in [-0.1, -0.05) is 44.2 Å². The van der Waals surface area contributed by atoms with Gasteiger partial charge in [-0.25, -0.2) is 4.98 Å². The van der Waals surface area contributed by atoms with Crippen molar-refractivity contribution in [3.63, 3.8) is 0 Å². The third kappa shape index (κ3) is 5.29. The first-order chi connectivity index (χ1) is 19.9. The zero-order valence-electron chi connectivity index (χ0n) is 24.8. The Morgan fingerprint density at radius 2 is 1.61 bits per heavy atom. The van der Waals surface area contributed by atoms with E-state index < -0.39 is 0 Å². The van der Waals surface area contributed by atoms with Crippen LogP contribution in [0.4, 0.5) is 5.69 Å². The van der Waals surface area contributed by atoms with Gasteiger partial charge in [-0.3, -0.25) is 14.5 Å². The number of aromatic nitrogens is 2. The van der Waals surface area contributed by atoms with Crippen molar-refractivity contribution in [3.8, 4) is 0 Å². The number of fused-ring (bicyclic) bond motifs is 1. The molecular formula is C34H44N4O3. The van der Waals surface area contributed by atoms with E-state index in [9.17, 15) is 9.59 Å². The van der Waals surface area contributed by atoms with E-state index in [-0.39, 0.29) is 30.5 Å². The van der Waals surface area contributed by atoms with E-state index in [0.717, 1.165) is 83.5 Å². The quantitative estimate of drug-likeness (QED) is 0.309. The van der Waals surface area contributed by atoms with Gasteiger partial charge in [-0.15, -0.1) is 0 Å². The van der Waals surface area contributed by atoms with Crippen molar-refractivity contribution in [1.29, 1.82) is 0 Å². The summed E-state index contributed by atoms with van der Waals surface area (Å²) in [4.78, 5) is 34.2. The van der Waals surface area contributed by atoms with Crippen molar-refractivity contribution in [1.82, 2.24) is 14.9 Å². The first-order valence-corrected chi connectivity index (χ1v) is 15.6. The van der Waals surface area contributed by atoms with Crippen LogP contribution in [0.2, 0.25) is 0 Å². The average molecular weight is 557 g/mol. The van der Waals surface area contributed by atoms with E-state index in [2.05, 4.69) is 37.4 Å². The third-order valence-electron chi connectivity index (χ3n) is 9.98. The first-order valence-electron chi connectivity index (χ1n) is 15.6. The van der Waals surface area contributed by atoms with Gasteiger partial charge in [-0.05, 0) is 92.4 Å². The molecule has 1 heterocycles. The summed E-state index contributed by atoms with van der Waals surface area (Å²) in [6.45, 7) is 5.10. The molecule has 7 nitrogen and oxygen atoms in total. The summed E-state index contributed by atoms with van der Waals surface area (Å²) in [5, 5.41) is 3.30. The summed E-state index contributed by atoms with van der Waals surface area (Å²) in [6, 6.07) is 14.2. The number of para-hydroxylation sites is 3. The lowest BCUT2D eigenvalue weighted by atomic mass is 9.49. The summed E-state index contributed by atoms with van der Waals surface area (Å²) >= 11 is 0. The molecule has 41 heavy (non-hydrogen) atoms. The minimum absolute atomic E-state index is 0.0375. The number of methoxy groups -OCH3 is 1. The Balaban J connectivity index is 1.21. The highest BCUT2D eigenvalue weighted by molar-refractivity contribution is 5.95. The molecule has 0 saturated heterocycles. The van der Waals surface area contributed by atoms with E-state index in [0.29, 0.717) is 13.0 Å². The molecule has 4 fully saturated rings. The molecule has 4 aliphatic carbocycles. The number of amides is 2. The van der Waals surface area contributed by atoms with Gasteiger partial charge in [0.1, 0.15) is 19.1 Å². The lowest BCUT2D eigenvalue weighted by Crippen LogP contribution is -2.53. The van der Waals surface area contributed by atoms with Gasteiger partial charge in [-0.2, -0.15) is 0 Å². The Morgan fingerprint density at radius 3 is 2.22 bits per heavy atom. The molecule has 4 aliphatic rings. The topological polar surface area (TPSA) is 76.5 Å². The van der Waals surface area contributed by atoms with E-state index >= 15 is 0 Å². The molecule has 1 N–H and O–H groups in total. The number of nitrogens with zero attached hydrogens (tertiary/aromatic N) is 3. The predicted octanol–water partition coefficient (Wildman–Crippen LogP) is 5.67. The van der Waals surface area contributed by atoms with Crippen LogP contribution in [0.25, 0.3) is 11.0 Å². The van der Waals surface area contributed by atoms with Gasteiger partial charge < -0.3 is 14.6 Å². The molecule has 7 rings (SSSR count). The van der Waals surface area contributed by atoms with Gasteiger partial charge in [0.25, 0.3) is 0 Å². The maximum atomic E-state index is 14.0. The van der Waals surface area contributed by atoms with Crippen molar-refractivity contribution in [2.45, 2.75) is 78.2 Å². The fourth-order valence-corrected chi connectivity index (χ4v) is 8.53. The number of aryl methyl sites for hydroxylation is 2. The van der Waals surface area contributed by atoms with Crippen molar-refractivity contribution >= 4 is 28.5 Å². The first kappa shape index (κ1) is 28.0. The SMILES string of the molecule is CCc1cccc(CC)c1N(COC)C(=O)Cn1c(CCNC(=O)C23CC4CC(CC(C4)C2)C3)nc2ccccc21. The van der Waals surface area contributed by atoms with Crippen LogP contribution in [-0.4, -0.2) is 41.8 Å². The number of hydrogen-bond acceptors (Lipinski definition) is 4. The van der Waals surface area contributed by atoms with Gasteiger partial charge >= 0.3 is 0 Å². The zero-order valence-corrected chi connectivity index (χ0v) is 24.8. The van der Waals surface area contributed by atoms with Crippen LogP contribution >= 0.6 is 0 Å². The maximum absolute atomic E-state index is 14.0. The second kappa shape index (κ2) is 11.6. The molecule has 0 unspecified atom stereocenters. The summed E-state index contributed by atoms with van der Waals surface area (Å²) in [6.07, 6.45) is 9.41. The minimum atomic E-state index is -0.158. The summed E-state index contributed by atoms with van der Waals surface area (Å²) in [5.41, 5.74) is 4.87. The smallest absolute Gasteiger partial charge is 0.248 e. The molecule has 3 aromatic rings. The Labute approximate surface area is 243 Å². The van der Waals surface area contributed by atoms with Crippen molar-refractivity contribution in [2.24, 2.45) is 23.2 Å². The number of anilines is 1. The Bertz CT molecular complexity index is 1370. The summed E-state index contributed by atoms with van der Waals surface area (Å²) in [5.74, 6) is 3.24. The second-order valence-corrected chi connectivity index (χ2v) is 12.7. The molecule has 4 bridgehead atoms. The second-order valence-electron chi connectivity index (χ2n) is 12.7. The van der Waals surface area contributed by atoms with E-state index in [4.69, 9.17) is 9.72 Å². The van der Waals surface area contributed by atoms with Crippen molar-refractivity contribution in [2.75, 3.05) is 25.3 Å². The van der Waals surface area contributed by atoms with E-state index in [1.807, 2.05) is 28.8 Å². The molecule has 0 radical (unpaired) electrons. The van der Waals surface area contributed by atoms with Crippen LogP contribution in [0.1, 0.15) is 69.3 Å². The molecule has 0 atom stereocenters. The lowest BCUT2D eigenvalue weighted by molar-refractivity contribution is -0.146. The Kier molecular flexibility index (Phi) is 7.90. The maximum Gasteiger partial charge on any atom is 0.248 e. The average Bonchev–Trinajstić information content (AvgIpc) is 3.31. The molecular weight excluding hydrogens is 512 g/mol. The van der Waals surface area contributed by atoms with Crippen LogP contribution in [0, 0.1) is 23.2 Å². The predicted molar refractivity (Wildman–Crippen MR) is 162 cm³/mol. The highest BCUT2D eigenvalue weighted by Gasteiger charge is 2.54. The number of hydrogen-bond donors (Lipinski definition) is 1. The molecule has 0 aliphatic heterocycles.